The molecule has 2 unspecified atom stereocenters. The summed E-state index contributed by atoms with van der Waals surface area (Å²) in [5.74, 6) is 1.76. The highest BCUT2D eigenvalue weighted by Gasteiger charge is 2.25. The van der Waals surface area contributed by atoms with E-state index in [9.17, 15) is 9.59 Å². The highest BCUT2D eigenvalue weighted by Crippen LogP contribution is 2.43. The number of hydrogen-bond acceptors (Lipinski definition) is 5. The summed E-state index contributed by atoms with van der Waals surface area (Å²) < 4.78 is 4.99. The van der Waals surface area contributed by atoms with Crippen LogP contribution in [0.4, 0.5) is 0 Å². The Kier molecular flexibility index (Phi) is 11.3. The van der Waals surface area contributed by atoms with Crippen LogP contribution in [0.2, 0.25) is 0 Å². The SMILES string of the molecule is C=C(C)C(=O)OCCCNC(=O)CCCC(CCC)C1CCSS1. The fourth-order valence-corrected chi connectivity index (χ4v) is 6.03. The standard InChI is InChI=1S/C18H31NO3S2/c1-4-7-15(16-10-13-23-24-16)8-5-9-17(20)19-11-6-12-22-18(21)14(2)3/h15-16H,2,4-13H2,1,3H3,(H,19,20). The van der Waals surface area contributed by atoms with Crippen molar-refractivity contribution in [1.29, 1.82) is 0 Å². The van der Waals surface area contributed by atoms with Gasteiger partial charge in [-0.2, -0.15) is 0 Å². The summed E-state index contributed by atoms with van der Waals surface area (Å²) in [5.41, 5.74) is 0.402. The summed E-state index contributed by atoms with van der Waals surface area (Å²) in [5, 5.41) is 3.68. The number of rotatable bonds is 12. The minimum Gasteiger partial charge on any atom is -0.462 e. The quantitative estimate of drug-likeness (QED) is 0.238. The molecule has 1 fully saturated rings. The Balaban J connectivity index is 2.07. The van der Waals surface area contributed by atoms with Gasteiger partial charge in [0.15, 0.2) is 0 Å². The molecule has 0 radical (unpaired) electrons. The maximum absolute atomic E-state index is 11.9. The third kappa shape index (κ3) is 9.02. The molecule has 138 valence electrons. The minimum absolute atomic E-state index is 0.102. The average Bonchev–Trinajstić information content (AvgIpc) is 3.07. The highest BCUT2D eigenvalue weighted by atomic mass is 33.1. The summed E-state index contributed by atoms with van der Waals surface area (Å²) >= 11 is 0. The molecular formula is C18H31NO3S2. The maximum atomic E-state index is 11.9. The first kappa shape index (κ1) is 21.4. The lowest BCUT2D eigenvalue weighted by molar-refractivity contribution is -0.138. The number of carbonyl (C=O) groups excluding carboxylic acids is 2. The molecule has 1 amide bonds. The molecule has 0 aromatic carbocycles. The Morgan fingerprint density at radius 1 is 1.33 bits per heavy atom. The van der Waals surface area contributed by atoms with E-state index in [4.69, 9.17) is 4.74 Å². The summed E-state index contributed by atoms with van der Waals surface area (Å²) in [4.78, 5) is 23.1. The first-order valence-corrected chi connectivity index (χ1v) is 11.3. The summed E-state index contributed by atoms with van der Waals surface area (Å²) in [6, 6.07) is 0. The molecule has 1 saturated heterocycles. The molecule has 0 saturated carbocycles. The zero-order chi connectivity index (χ0) is 17.8. The van der Waals surface area contributed by atoms with Gasteiger partial charge in [-0.05, 0) is 44.9 Å². The molecule has 1 aliphatic rings. The molecular weight excluding hydrogens is 342 g/mol. The van der Waals surface area contributed by atoms with Crippen molar-refractivity contribution in [3.63, 3.8) is 0 Å². The van der Waals surface area contributed by atoms with Crippen molar-refractivity contribution in [3.05, 3.63) is 12.2 Å². The zero-order valence-electron chi connectivity index (χ0n) is 15.0. The molecule has 1 heterocycles. The van der Waals surface area contributed by atoms with Crippen LogP contribution in [0.25, 0.3) is 0 Å². The van der Waals surface area contributed by atoms with E-state index in [0.717, 1.165) is 24.0 Å². The maximum Gasteiger partial charge on any atom is 0.333 e. The van der Waals surface area contributed by atoms with E-state index in [1.165, 1.54) is 25.0 Å². The molecule has 1 aliphatic heterocycles. The summed E-state index contributed by atoms with van der Waals surface area (Å²) in [6.45, 7) is 8.26. The molecule has 6 heteroatoms. The molecule has 1 rings (SSSR count). The number of carbonyl (C=O) groups is 2. The van der Waals surface area contributed by atoms with Gasteiger partial charge in [0.2, 0.25) is 5.91 Å². The third-order valence-electron chi connectivity index (χ3n) is 4.07. The number of hydrogen-bond donors (Lipinski definition) is 1. The van der Waals surface area contributed by atoms with Gasteiger partial charge in [-0.3, -0.25) is 4.79 Å². The van der Waals surface area contributed by atoms with Gasteiger partial charge in [-0.15, -0.1) is 0 Å². The van der Waals surface area contributed by atoms with Crippen molar-refractivity contribution < 1.29 is 14.3 Å². The Bertz CT molecular complexity index is 409. The predicted octanol–water partition coefficient (Wildman–Crippen LogP) is 4.35. The Morgan fingerprint density at radius 2 is 2.12 bits per heavy atom. The fraction of sp³-hybridized carbons (Fsp3) is 0.778. The van der Waals surface area contributed by atoms with Crippen LogP contribution in [-0.4, -0.2) is 36.0 Å². The van der Waals surface area contributed by atoms with Gasteiger partial charge in [0.05, 0.1) is 6.61 Å². The van der Waals surface area contributed by atoms with Gasteiger partial charge >= 0.3 is 5.97 Å². The van der Waals surface area contributed by atoms with E-state index in [-0.39, 0.29) is 11.9 Å². The Morgan fingerprint density at radius 3 is 2.75 bits per heavy atom. The van der Waals surface area contributed by atoms with Crippen LogP contribution in [0.1, 0.15) is 58.8 Å². The largest absolute Gasteiger partial charge is 0.462 e. The fourth-order valence-electron chi connectivity index (χ4n) is 2.75. The van der Waals surface area contributed by atoms with Gasteiger partial charge in [-0.25, -0.2) is 4.79 Å². The number of esters is 1. The second-order valence-corrected chi connectivity index (χ2v) is 9.03. The van der Waals surface area contributed by atoms with Crippen molar-refractivity contribution in [2.45, 2.75) is 64.0 Å². The molecule has 0 aliphatic carbocycles. The molecule has 2 atom stereocenters. The van der Waals surface area contributed by atoms with Gasteiger partial charge in [0, 0.05) is 29.5 Å². The van der Waals surface area contributed by atoms with E-state index in [2.05, 4.69) is 18.8 Å². The second-order valence-electron chi connectivity index (χ2n) is 6.31. The molecule has 1 N–H and O–H groups in total. The monoisotopic (exact) mass is 373 g/mol. The number of nitrogens with one attached hydrogen (secondary N) is 1. The van der Waals surface area contributed by atoms with Crippen molar-refractivity contribution >= 4 is 33.5 Å². The molecule has 0 aromatic heterocycles. The van der Waals surface area contributed by atoms with E-state index in [1.54, 1.807) is 6.92 Å². The van der Waals surface area contributed by atoms with Crippen LogP contribution in [0.15, 0.2) is 12.2 Å². The molecule has 0 bridgehead atoms. The lowest BCUT2D eigenvalue weighted by Gasteiger charge is -2.21. The van der Waals surface area contributed by atoms with Crippen molar-refractivity contribution in [2.75, 3.05) is 18.9 Å². The number of amides is 1. The van der Waals surface area contributed by atoms with Crippen molar-refractivity contribution in [1.82, 2.24) is 5.32 Å². The minimum atomic E-state index is -0.369. The van der Waals surface area contributed by atoms with E-state index in [1.807, 2.05) is 21.6 Å². The van der Waals surface area contributed by atoms with E-state index >= 15 is 0 Å². The first-order chi connectivity index (χ1) is 11.5. The molecule has 4 nitrogen and oxygen atoms in total. The lowest BCUT2D eigenvalue weighted by atomic mass is 9.92. The Hall–Kier alpha value is -0.620. The van der Waals surface area contributed by atoms with E-state index < -0.39 is 0 Å². The smallest absolute Gasteiger partial charge is 0.333 e. The van der Waals surface area contributed by atoms with Crippen LogP contribution in [0, 0.1) is 5.92 Å². The third-order valence-corrected chi connectivity index (χ3v) is 7.12. The van der Waals surface area contributed by atoms with Gasteiger partial charge in [0.25, 0.3) is 0 Å². The molecule has 0 aromatic rings. The zero-order valence-corrected chi connectivity index (χ0v) is 16.6. The Labute approximate surface area is 154 Å². The van der Waals surface area contributed by atoms with Crippen LogP contribution in [0.5, 0.6) is 0 Å². The summed E-state index contributed by atoms with van der Waals surface area (Å²) in [7, 11) is 4.03. The molecule has 24 heavy (non-hydrogen) atoms. The normalized spacial score (nSPS) is 18.2. The van der Waals surface area contributed by atoms with Crippen LogP contribution >= 0.6 is 21.6 Å². The first-order valence-electron chi connectivity index (χ1n) is 8.92. The predicted molar refractivity (Wildman–Crippen MR) is 104 cm³/mol. The van der Waals surface area contributed by atoms with Gasteiger partial charge in [0.1, 0.15) is 0 Å². The van der Waals surface area contributed by atoms with Gasteiger partial charge < -0.3 is 10.1 Å². The highest BCUT2D eigenvalue weighted by molar-refractivity contribution is 8.77. The number of ether oxygens (including phenoxy) is 1. The summed E-state index contributed by atoms with van der Waals surface area (Å²) in [6.07, 6.45) is 7.15. The topological polar surface area (TPSA) is 55.4 Å². The lowest BCUT2D eigenvalue weighted by Crippen LogP contribution is -2.25. The molecule has 0 spiro atoms. The van der Waals surface area contributed by atoms with Gasteiger partial charge in [-0.1, -0.05) is 41.5 Å². The van der Waals surface area contributed by atoms with Crippen LogP contribution < -0.4 is 5.32 Å². The van der Waals surface area contributed by atoms with E-state index in [0.29, 0.717) is 31.6 Å². The van der Waals surface area contributed by atoms with Crippen LogP contribution in [-0.2, 0) is 14.3 Å². The second kappa shape index (κ2) is 12.7. The average molecular weight is 374 g/mol. The van der Waals surface area contributed by atoms with Crippen molar-refractivity contribution in [3.8, 4) is 0 Å². The van der Waals surface area contributed by atoms with Crippen LogP contribution in [0.3, 0.4) is 0 Å². The van der Waals surface area contributed by atoms with Crippen molar-refractivity contribution in [2.24, 2.45) is 5.92 Å².